The van der Waals surface area contributed by atoms with Gasteiger partial charge >= 0.3 is 0 Å². The summed E-state index contributed by atoms with van der Waals surface area (Å²) in [6, 6.07) is 58.9. The standard InChI is InChI=1S/2C23H27.C12H7Si.Hf/c2*1-5-6-10-17-15-18-11-9-13-19(21(18)16-17)20-12-7-8-14-22(20)23(2,3)4;1-3-7-11-9(5-1)10-6-2-4-8-12(10)13-11;/h2*7-9,11-16H,5-6,10H2,1-4H3;1-7H;/q3*-1;. The van der Waals surface area contributed by atoms with E-state index < -0.39 is 0 Å². The molecule has 1 heterocycles. The second-order valence-electron chi connectivity index (χ2n) is 18.3. The van der Waals surface area contributed by atoms with E-state index >= 15 is 0 Å². The summed E-state index contributed by atoms with van der Waals surface area (Å²) in [6.07, 6.45) is 7.41. The first-order valence-corrected chi connectivity index (χ1v) is 22.9. The number of unbranched alkanes of at least 4 members (excludes halogenated alkanes) is 2. The molecule has 304 valence electrons. The Kier molecular flexibility index (Phi) is 15.1. The van der Waals surface area contributed by atoms with Crippen LogP contribution >= 0.6 is 0 Å². The summed E-state index contributed by atoms with van der Waals surface area (Å²) in [4.78, 5) is 0. The van der Waals surface area contributed by atoms with E-state index in [1.54, 1.807) is 0 Å². The van der Waals surface area contributed by atoms with E-state index in [2.05, 4.69) is 207 Å². The summed E-state index contributed by atoms with van der Waals surface area (Å²) in [6.45, 7) is 18.3. The van der Waals surface area contributed by atoms with Crippen LogP contribution < -0.4 is 10.4 Å². The quantitative estimate of drug-likeness (QED) is 0.105. The zero-order chi connectivity index (χ0) is 41.6. The van der Waals surface area contributed by atoms with Crippen molar-refractivity contribution in [3.05, 3.63) is 180 Å². The molecule has 0 nitrogen and oxygen atoms in total. The van der Waals surface area contributed by atoms with Crippen LogP contribution in [0.5, 0.6) is 0 Å². The van der Waals surface area contributed by atoms with Gasteiger partial charge in [-0.2, -0.15) is 41.6 Å². The fourth-order valence-electron chi connectivity index (χ4n) is 8.58. The number of fused-ring (bicyclic) bond motifs is 5. The van der Waals surface area contributed by atoms with Gasteiger partial charge in [0.1, 0.15) is 0 Å². The first-order chi connectivity index (χ1) is 28.5. The van der Waals surface area contributed by atoms with E-state index in [4.69, 9.17) is 0 Å². The van der Waals surface area contributed by atoms with Crippen LogP contribution in [0, 0.1) is 6.07 Å². The van der Waals surface area contributed by atoms with Crippen LogP contribution in [-0.2, 0) is 49.5 Å². The maximum absolute atomic E-state index is 3.31. The SMILES string of the molecule is CCCCc1cc2c(-c3ccccc3C(C)(C)C)cccc2[cH-]1.CCCCc1cc2c(-c3ccccc3C(C)(C)C)cccc2[cH-]1.[Hf].[c-]1cccc2c1[Si]c1ccccc1-2. The molecule has 2 heteroatoms. The molecule has 60 heavy (non-hydrogen) atoms. The summed E-state index contributed by atoms with van der Waals surface area (Å²) in [5, 5.41) is 8.36. The van der Waals surface area contributed by atoms with Gasteiger partial charge in [-0.1, -0.05) is 188 Å². The van der Waals surface area contributed by atoms with Crippen molar-refractivity contribution in [2.75, 3.05) is 0 Å². The van der Waals surface area contributed by atoms with Crippen molar-refractivity contribution < 1.29 is 25.8 Å². The van der Waals surface area contributed by atoms with Gasteiger partial charge < -0.3 is 0 Å². The average Bonchev–Trinajstić information content (AvgIpc) is 3.97. The van der Waals surface area contributed by atoms with Crippen molar-refractivity contribution in [1.82, 2.24) is 0 Å². The molecule has 9 rings (SSSR count). The molecule has 8 aromatic rings. The maximum atomic E-state index is 3.31. The van der Waals surface area contributed by atoms with Crippen LogP contribution in [0.15, 0.2) is 152 Å². The molecular weight excluding hydrogens is 903 g/mol. The number of hydrogen-bond acceptors (Lipinski definition) is 0. The van der Waals surface area contributed by atoms with Crippen LogP contribution in [0.3, 0.4) is 0 Å². The Morgan fingerprint density at radius 1 is 0.483 bits per heavy atom. The summed E-state index contributed by atoms with van der Waals surface area (Å²) in [7, 11) is 0.795. The molecule has 0 aromatic heterocycles. The number of aryl methyl sites for hydroxylation is 2. The van der Waals surface area contributed by atoms with E-state index in [0.29, 0.717) is 0 Å². The molecule has 8 aromatic carbocycles. The van der Waals surface area contributed by atoms with Gasteiger partial charge in [0.2, 0.25) is 0 Å². The van der Waals surface area contributed by atoms with Gasteiger partial charge in [0, 0.05) is 25.8 Å². The third-order valence-electron chi connectivity index (χ3n) is 11.6. The molecule has 0 N–H and O–H groups in total. The van der Waals surface area contributed by atoms with Crippen molar-refractivity contribution >= 4 is 41.4 Å². The molecule has 2 radical (unpaired) electrons. The Morgan fingerprint density at radius 2 is 0.917 bits per heavy atom. The second kappa shape index (κ2) is 20.0. The van der Waals surface area contributed by atoms with Crippen molar-refractivity contribution in [1.29, 1.82) is 0 Å². The minimum absolute atomic E-state index is 0. The second-order valence-corrected chi connectivity index (χ2v) is 19.6. The zero-order valence-electron chi connectivity index (χ0n) is 37.2. The third kappa shape index (κ3) is 10.4. The van der Waals surface area contributed by atoms with Crippen molar-refractivity contribution in [3.8, 4) is 33.4 Å². The molecule has 1 aliphatic rings. The topological polar surface area (TPSA) is 0 Å². The summed E-state index contributed by atoms with van der Waals surface area (Å²) < 4.78 is 0. The molecule has 0 fully saturated rings. The summed E-state index contributed by atoms with van der Waals surface area (Å²) in [5.74, 6) is 0. The fourth-order valence-corrected chi connectivity index (χ4v) is 9.89. The van der Waals surface area contributed by atoms with Crippen LogP contribution in [0.25, 0.3) is 54.9 Å². The average molecular weight is 965 g/mol. The van der Waals surface area contributed by atoms with E-state index in [-0.39, 0.29) is 36.7 Å². The number of hydrogen-bond donors (Lipinski definition) is 0. The van der Waals surface area contributed by atoms with Crippen LogP contribution in [0.2, 0.25) is 0 Å². The molecule has 0 bridgehead atoms. The van der Waals surface area contributed by atoms with E-state index in [1.165, 1.54) is 126 Å². The number of rotatable bonds is 8. The molecular formula is C58H61HfSi-3. The summed E-state index contributed by atoms with van der Waals surface area (Å²) in [5.41, 5.74) is 14.3. The van der Waals surface area contributed by atoms with E-state index in [1.807, 2.05) is 6.07 Å². The molecule has 0 saturated heterocycles. The van der Waals surface area contributed by atoms with E-state index in [0.717, 1.165) is 9.52 Å². The molecule has 0 atom stereocenters. The van der Waals surface area contributed by atoms with E-state index in [9.17, 15) is 0 Å². The molecule has 0 amide bonds. The van der Waals surface area contributed by atoms with Gasteiger partial charge in [-0.05, 0) is 45.9 Å². The Labute approximate surface area is 382 Å². The van der Waals surface area contributed by atoms with Crippen LogP contribution in [0.4, 0.5) is 0 Å². The predicted molar refractivity (Wildman–Crippen MR) is 260 cm³/mol. The van der Waals surface area contributed by atoms with Gasteiger partial charge in [0.15, 0.2) is 0 Å². The molecule has 0 aliphatic carbocycles. The minimum Gasteiger partial charge on any atom is -0.184 e. The monoisotopic (exact) mass is 965 g/mol. The van der Waals surface area contributed by atoms with Crippen LogP contribution in [0.1, 0.15) is 103 Å². The van der Waals surface area contributed by atoms with Crippen molar-refractivity contribution in [3.63, 3.8) is 0 Å². The first kappa shape index (κ1) is 45.2. The maximum Gasteiger partial charge on any atom is 0.0920 e. The third-order valence-corrected chi connectivity index (χ3v) is 13.0. The molecule has 0 unspecified atom stereocenters. The predicted octanol–water partition coefficient (Wildman–Crippen LogP) is 14.9. The smallest absolute Gasteiger partial charge is 0.0920 e. The first-order valence-electron chi connectivity index (χ1n) is 21.9. The van der Waals surface area contributed by atoms with Gasteiger partial charge in [0.25, 0.3) is 0 Å². The normalized spacial score (nSPS) is 11.9. The Bertz CT molecular complexity index is 2450. The van der Waals surface area contributed by atoms with Crippen molar-refractivity contribution in [2.24, 2.45) is 0 Å². The van der Waals surface area contributed by atoms with Gasteiger partial charge in [-0.3, -0.25) is 0 Å². The molecule has 0 spiro atoms. The Morgan fingerprint density at radius 3 is 1.40 bits per heavy atom. The fraction of sp³-hybridized carbons (Fsp3) is 0.276. The van der Waals surface area contributed by atoms with Gasteiger partial charge in [-0.25, -0.2) is 0 Å². The number of benzene rings is 6. The van der Waals surface area contributed by atoms with Crippen LogP contribution in [-0.4, -0.2) is 9.52 Å². The largest absolute Gasteiger partial charge is 0.184 e. The van der Waals surface area contributed by atoms with Crippen molar-refractivity contribution in [2.45, 2.75) is 105 Å². The minimum atomic E-state index is 0. The van der Waals surface area contributed by atoms with Gasteiger partial charge in [-0.15, -0.1) is 74.6 Å². The Balaban J connectivity index is 0.000000155. The molecule has 1 aliphatic heterocycles. The summed E-state index contributed by atoms with van der Waals surface area (Å²) >= 11 is 0. The van der Waals surface area contributed by atoms with Gasteiger partial charge in [0.05, 0.1) is 9.52 Å². The molecule has 0 saturated carbocycles. The Hall–Kier alpha value is -4.37. The zero-order valence-corrected chi connectivity index (χ0v) is 41.8.